The van der Waals surface area contributed by atoms with Crippen molar-refractivity contribution in [2.24, 2.45) is 5.92 Å². The van der Waals surface area contributed by atoms with Gasteiger partial charge < -0.3 is 10.6 Å². The zero-order chi connectivity index (χ0) is 15.5. The highest BCUT2D eigenvalue weighted by Crippen LogP contribution is 2.21. The van der Waals surface area contributed by atoms with Gasteiger partial charge in [0.2, 0.25) is 10.0 Å². The molecule has 2 rings (SSSR count). The maximum Gasteiger partial charge on any atom is 0.240 e. The number of likely N-dealkylation sites (tertiary alicyclic amines) is 1. The predicted molar refractivity (Wildman–Crippen MR) is 85.6 cm³/mol. The van der Waals surface area contributed by atoms with Crippen molar-refractivity contribution in [2.75, 3.05) is 32.4 Å². The minimum absolute atomic E-state index is 0.314. The molecule has 1 unspecified atom stereocenters. The molecule has 0 radical (unpaired) electrons. The Morgan fingerprint density at radius 2 is 2.19 bits per heavy atom. The van der Waals surface area contributed by atoms with Gasteiger partial charge in [-0.25, -0.2) is 13.1 Å². The van der Waals surface area contributed by atoms with Crippen LogP contribution in [0.4, 0.5) is 5.69 Å². The van der Waals surface area contributed by atoms with Gasteiger partial charge in [-0.05, 0) is 56.5 Å². The van der Waals surface area contributed by atoms with E-state index < -0.39 is 10.0 Å². The molecular formula is C15H25N3O2S. The van der Waals surface area contributed by atoms with Gasteiger partial charge in [-0.2, -0.15) is 0 Å². The van der Waals surface area contributed by atoms with E-state index in [2.05, 4.69) is 16.7 Å². The number of hydrogen-bond donors (Lipinski definition) is 2. The molecule has 21 heavy (non-hydrogen) atoms. The Bertz CT molecular complexity index is 587. The monoisotopic (exact) mass is 311 g/mol. The standard InChI is InChI=1S/C15H25N3O2S/c1-3-13-6-7-14(16)9-15(13)21(19,20)17-10-12-5-4-8-18(2)11-12/h6-7,9,12,17H,3-5,8,10-11,16H2,1-2H3. The Balaban J connectivity index is 2.09. The molecule has 1 fully saturated rings. The van der Waals surface area contributed by atoms with Gasteiger partial charge in [-0.1, -0.05) is 13.0 Å². The molecule has 0 aromatic heterocycles. The van der Waals surface area contributed by atoms with E-state index in [4.69, 9.17) is 5.73 Å². The molecule has 1 aliphatic heterocycles. The first-order chi connectivity index (χ1) is 9.92. The quantitative estimate of drug-likeness (QED) is 0.807. The highest BCUT2D eigenvalue weighted by Gasteiger charge is 2.22. The summed E-state index contributed by atoms with van der Waals surface area (Å²) in [5.74, 6) is 0.379. The first-order valence-corrected chi connectivity index (χ1v) is 8.97. The number of nitrogen functional groups attached to an aromatic ring is 1. The van der Waals surface area contributed by atoms with Crippen LogP contribution in [0.15, 0.2) is 23.1 Å². The maximum absolute atomic E-state index is 12.5. The zero-order valence-electron chi connectivity index (χ0n) is 12.8. The Morgan fingerprint density at radius 3 is 2.86 bits per heavy atom. The number of benzene rings is 1. The summed E-state index contributed by atoms with van der Waals surface area (Å²) in [5, 5.41) is 0. The van der Waals surface area contributed by atoms with Gasteiger partial charge in [-0.15, -0.1) is 0 Å². The molecule has 0 bridgehead atoms. The van der Waals surface area contributed by atoms with Crippen LogP contribution >= 0.6 is 0 Å². The predicted octanol–water partition coefficient (Wildman–Crippen LogP) is 1.45. The van der Waals surface area contributed by atoms with Crippen LogP contribution in [-0.4, -0.2) is 40.0 Å². The lowest BCUT2D eigenvalue weighted by Crippen LogP contribution is -2.39. The van der Waals surface area contributed by atoms with Crippen LogP contribution in [0.25, 0.3) is 0 Å². The van der Waals surface area contributed by atoms with Crippen LogP contribution in [0, 0.1) is 5.92 Å². The summed E-state index contributed by atoms with van der Waals surface area (Å²) < 4.78 is 27.8. The summed E-state index contributed by atoms with van der Waals surface area (Å²) in [5.41, 5.74) is 7.02. The molecule has 0 spiro atoms. The fraction of sp³-hybridized carbons (Fsp3) is 0.600. The van der Waals surface area contributed by atoms with E-state index in [9.17, 15) is 8.42 Å². The van der Waals surface area contributed by atoms with Gasteiger partial charge in [0.25, 0.3) is 0 Å². The lowest BCUT2D eigenvalue weighted by molar-refractivity contribution is 0.211. The maximum atomic E-state index is 12.5. The number of aryl methyl sites for hydroxylation is 1. The van der Waals surface area contributed by atoms with Crippen molar-refractivity contribution < 1.29 is 8.42 Å². The van der Waals surface area contributed by atoms with E-state index in [-0.39, 0.29) is 0 Å². The lowest BCUT2D eigenvalue weighted by atomic mass is 9.99. The summed E-state index contributed by atoms with van der Waals surface area (Å²) in [6.07, 6.45) is 2.87. The number of rotatable bonds is 5. The smallest absolute Gasteiger partial charge is 0.240 e. The fourth-order valence-electron chi connectivity index (χ4n) is 2.86. The second kappa shape index (κ2) is 6.77. The third-order valence-electron chi connectivity index (χ3n) is 4.05. The molecule has 1 aromatic carbocycles. The van der Waals surface area contributed by atoms with Crippen molar-refractivity contribution in [2.45, 2.75) is 31.1 Å². The molecule has 118 valence electrons. The average molecular weight is 311 g/mol. The Morgan fingerprint density at radius 1 is 1.43 bits per heavy atom. The first kappa shape index (κ1) is 16.3. The van der Waals surface area contributed by atoms with E-state index in [0.29, 0.717) is 29.5 Å². The van der Waals surface area contributed by atoms with Crippen LogP contribution in [0.3, 0.4) is 0 Å². The Labute approximate surface area is 127 Å². The van der Waals surface area contributed by atoms with Crippen molar-refractivity contribution >= 4 is 15.7 Å². The number of anilines is 1. The molecule has 5 nitrogen and oxygen atoms in total. The molecule has 0 saturated carbocycles. The van der Waals surface area contributed by atoms with E-state index in [1.165, 1.54) is 0 Å². The molecule has 0 aliphatic carbocycles. The highest BCUT2D eigenvalue weighted by molar-refractivity contribution is 7.89. The van der Waals surface area contributed by atoms with Crippen LogP contribution < -0.4 is 10.5 Å². The average Bonchev–Trinajstić information content (AvgIpc) is 2.45. The highest BCUT2D eigenvalue weighted by atomic mass is 32.2. The first-order valence-electron chi connectivity index (χ1n) is 7.49. The molecule has 1 aromatic rings. The van der Waals surface area contributed by atoms with Crippen molar-refractivity contribution in [3.05, 3.63) is 23.8 Å². The summed E-state index contributed by atoms with van der Waals surface area (Å²) >= 11 is 0. The molecular weight excluding hydrogens is 286 g/mol. The van der Waals surface area contributed by atoms with Crippen LogP contribution in [0.1, 0.15) is 25.3 Å². The number of nitrogens with zero attached hydrogens (tertiary/aromatic N) is 1. The van der Waals surface area contributed by atoms with Gasteiger partial charge in [0.15, 0.2) is 0 Å². The van der Waals surface area contributed by atoms with Gasteiger partial charge in [0, 0.05) is 18.8 Å². The summed E-state index contributed by atoms with van der Waals surface area (Å²) in [6, 6.07) is 5.08. The number of nitrogens with two attached hydrogens (primary N) is 1. The molecule has 1 heterocycles. The number of sulfonamides is 1. The summed E-state index contributed by atoms with van der Waals surface area (Å²) in [4.78, 5) is 2.56. The largest absolute Gasteiger partial charge is 0.399 e. The normalized spacial score (nSPS) is 20.6. The molecule has 1 saturated heterocycles. The SMILES string of the molecule is CCc1ccc(N)cc1S(=O)(=O)NCC1CCCN(C)C1. The van der Waals surface area contributed by atoms with E-state index in [0.717, 1.165) is 31.5 Å². The topological polar surface area (TPSA) is 75.4 Å². The Kier molecular flexibility index (Phi) is 5.24. The molecule has 3 N–H and O–H groups in total. The van der Waals surface area contributed by atoms with E-state index >= 15 is 0 Å². The molecule has 1 atom stereocenters. The third-order valence-corrected chi connectivity index (χ3v) is 5.55. The number of hydrogen-bond acceptors (Lipinski definition) is 4. The van der Waals surface area contributed by atoms with Crippen LogP contribution in [0.5, 0.6) is 0 Å². The Hall–Kier alpha value is -1.11. The summed E-state index contributed by atoms with van der Waals surface area (Å²) in [6.45, 7) is 4.48. The lowest BCUT2D eigenvalue weighted by Gasteiger charge is -2.29. The van der Waals surface area contributed by atoms with Crippen molar-refractivity contribution in [3.8, 4) is 0 Å². The molecule has 6 heteroatoms. The van der Waals surface area contributed by atoms with Crippen molar-refractivity contribution in [1.29, 1.82) is 0 Å². The molecule has 1 aliphatic rings. The van der Waals surface area contributed by atoms with Crippen LogP contribution in [0.2, 0.25) is 0 Å². The van der Waals surface area contributed by atoms with Gasteiger partial charge >= 0.3 is 0 Å². The van der Waals surface area contributed by atoms with Gasteiger partial charge in [0.1, 0.15) is 0 Å². The van der Waals surface area contributed by atoms with Crippen LogP contribution in [-0.2, 0) is 16.4 Å². The summed E-state index contributed by atoms with van der Waals surface area (Å²) in [7, 11) is -1.41. The van der Waals surface area contributed by atoms with Gasteiger partial charge in [-0.3, -0.25) is 0 Å². The second-order valence-corrected chi connectivity index (χ2v) is 7.58. The minimum Gasteiger partial charge on any atom is -0.399 e. The second-order valence-electron chi connectivity index (χ2n) is 5.84. The fourth-order valence-corrected chi connectivity index (χ4v) is 4.32. The van der Waals surface area contributed by atoms with Gasteiger partial charge in [0.05, 0.1) is 4.90 Å². The number of piperidine rings is 1. The minimum atomic E-state index is -3.49. The third kappa shape index (κ3) is 4.18. The number of nitrogens with one attached hydrogen (secondary N) is 1. The molecule has 0 amide bonds. The zero-order valence-corrected chi connectivity index (χ0v) is 13.6. The van der Waals surface area contributed by atoms with Crippen molar-refractivity contribution in [3.63, 3.8) is 0 Å². The van der Waals surface area contributed by atoms with E-state index in [1.807, 2.05) is 6.92 Å². The van der Waals surface area contributed by atoms with E-state index in [1.54, 1.807) is 18.2 Å². The van der Waals surface area contributed by atoms with Crippen molar-refractivity contribution in [1.82, 2.24) is 9.62 Å².